The third-order valence-corrected chi connectivity index (χ3v) is 6.94. The van der Waals surface area contributed by atoms with Crippen molar-refractivity contribution in [3.05, 3.63) is 47.7 Å². The van der Waals surface area contributed by atoms with Crippen molar-refractivity contribution in [1.82, 2.24) is 15.3 Å². The molecule has 2 aliphatic rings. The lowest BCUT2D eigenvalue weighted by Crippen LogP contribution is -2.41. The van der Waals surface area contributed by atoms with Crippen molar-refractivity contribution in [3.8, 4) is 0 Å². The number of rotatable bonds is 5. The van der Waals surface area contributed by atoms with Crippen LogP contribution in [0.3, 0.4) is 0 Å². The van der Waals surface area contributed by atoms with Gasteiger partial charge in [-0.25, -0.2) is 4.98 Å². The van der Waals surface area contributed by atoms with Crippen LogP contribution in [-0.4, -0.2) is 34.2 Å². The normalized spacial score (nSPS) is 20.7. The van der Waals surface area contributed by atoms with Gasteiger partial charge in [-0.2, -0.15) is 4.98 Å². The molecule has 6 heteroatoms. The Bertz CT molecular complexity index is 863. The first-order valence-corrected chi connectivity index (χ1v) is 11.7. The fourth-order valence-electron chi connectivity index (χ4n) is 5.00. The second-order valence-corrected chi connectivity index (χ2v) is 9.30. The van der Waals surface area contributed by atoms with Crippen LogP contribution in [0.25, 0.3) is 0 Å². The minimum Gasteiger partial charge on any atom is -0.361 e. The number of piperidine rings is 1. The maximum atomic E-state index is 5.62. The van der Waals surface area contributed by atoms with Crippen LogP contribution in [0.4, 0.5) is 11.8 Å². The van der Waals surface area contributed by atoms with Gasteiger partial charge in [-0.1, -0.05) is 43.2 Å². The van der Waals surface area contributed by atoms with E-state index < -0.39 is 0 Å². The van der Waals surface area contributed by atoms with Crippen LogP contribution in [0, 0.1) is 6.92 Å². The van der Waals surface area contributed by atoms with Crippen LogP contribution < -0.4 is 15.5 Å². The molecule has 2 N–H and O–H groups in total. The first kappa shape index (κ1) is 21.0. The predicted molar refractivity (Wildman–Crippen MR) is 128 cm³/mol. The van der Waals surface area contributed by atoms with Crippen LogP contribution in [0.2, 0.25) is 0 Å². The Morgan fingerprint density at radius 1 is 1.13 bits per heavy atom. The summed E-state index contributed by atoms with van der Waals surface area (Å²) in [6.07, 6.45) is 8.68. The van der Waals surface area contributed by atoms with Crippen LogP contribution in [-0.2, 0) is 5.41 Å². The largest absolute Gasteiger partial charge is 0.361 e. The summed E-state index contributed by atoms with van der Waals surface area (Å²) in [6.45, 7) is 6.19. The molecule has 5 nitrogen and oxygen atoms in total. The van der Waals surface area contributed by atoms with Gasteiger partial charge in [0.1, 0.15) is 5.82 Å². The lowest BCUT2D eigenvalue weighted by molar-refractivity contribution is 0.435. The molecule has 0 spiro atoms. The number of hydrogen-bond acceptors (Lipinski definition) is 4. The maximum absolute atomic E-state index is 5.62. The quantitative estimate of drug-likeness (QED) is 0.663. The second kappa shape index (κ2) is 9.29. The lowest BCUT2D eigenvalue weighted by atomic mass is 9.79. The number of nitrogens with zero attached hydrogens (tertiary/aromatic N) is 3. The zero-order chi connectivity index (χ0) is 21.0. The Morgan fingerprint density at radius 3 is 2.63 bits per heavy atom. The maximum Gasteiger partial charge on any atom is 0.231 e. The van der Waals surface area contributed by atoms with E-state index >= 15 is 0 Å². The molecule has 1 aliphatic heterocycles. The van der Waals surface area contributed by atoms with Gasteiger partial charge >= 0.3 is 0 Å². The number of thiocarbonyl (C=S) groups is 1. The van der Waals surface area contributed by atoms with Gasteiger partial charge in [0.25, 0.3) is 0 Å². The summed E-state index contributed by atoms with van der Waals surface area (Å²) in [6, 6.07) is 13.4. The van der Waals surface area contributed by atoms with Gasteiger partial charge in [0.05, 0.1) is 0 Å². The summed E-state index contributed by atoms with van der Waals surface area (Å²) < 4.78 is 0. The molecule has 160 valence electrons. The van der Waals surface area contributed by atoms with Crippen molar-refractivity contribution in [2.45, 2.75) is 70.3 Å². The molecule has 0 amide bonds. The zero-order valence-electron chi connectivity index (χ0n) is 18.2. The second-order valence-electron chi connectivity index (χ2n) is 8.89. The van der Waals surface area contributed by atoms with Gasteiger partial charge in [-0.15, -0.1) is 0 Å². The van der Waals surface area contributed by atoms with E-state index in [9.17, 15) is 0 Å². The highest BCUT2D eigenvalue weighted by Gasteiger charge is 2.35. The molecule has 2 heterocycles. The summed E-state index contributed by atoms with van der Waals surface area (Å²) in [7, 11) is 0. The molecule has 1 aromatic carbocycles. The average molecular weight is 424 g/mol. The van der Waals surface area contributed by atoms with Crippen LogP contribution in [0.1, 0.15) is 63.1 Å². The SMILES string of the molecule is Cc1cc(N2CCCC[C@@H]2C)nc(NC(=S)NCC2(c3ccccc3)CCCC2)n1. The predicted octanol–water partition coefficient (Wildman–Crippen LogP) is 4.96. The molecule has 1 aromatic heterocycles. The Labute approximate surface area is 185 Å². The van der Waals surface area contributed by atoms with Gasteiger partial charge in [0, 0.05) is 36.3 Å². The Hall–Kier alpha value is -2.21. The third kappa shape index (κ3) is 4.75. The fraction of sp³-hybridized carbons (Fsp3) is 0.542. The molecule has 1 saturated heterocycles. The molecule has 1 atom stereocenters. The number of aryl methyl sites for hydroxylation is 1. The van der Waals surface area contributed by atoms with Crippen molar-refractivity contribution < 1.29 is 0 Å². The molecule has 2 aromatic rings. The van der Waals surface area contributed by atoms with Gasteiger partial charge in [0.2, 0.25) is 5.95 Å². The van der Waals surface area contributed by atoms with E-state index in [4.69, 9.17) is 17.2 Å². The van der Waals surface area contributed by atoms with Crippen LogP contribution in [0.5, 0.6) is 0 Å². The minimum absolute atomic E-state index is 0.162. The molecule has 0 unspecified atom stereocenters. The van der Waals surface area contributed by atoms with Crippen molar-refractivity contribution in [1.29, 1.82) is 0 Å². The van der Waals surface area contributed by atoms with E-state index in [1.807, 2.05) is 6.92 Å². The Morgan fingerprint density at radius 2 is 1.90 bits per heavy atom. The minimum atomic E-state index is 0.162. The molecule has 0 radical (unpaired) electrons. The Kier molecular flexibility index (Phi) is 6.52. The van der Waals surface area contributed by atoms with Gasteiger partial charge in [-0.3, -0.25) is 0 Å². The van der Waals surface area contributed by atoms with E-state index in [0.717, 1.165) is 24.6 Å². The molecule has 1 aliphatic carbocycles. The van der Waals surface area contributed by atoms with Crippen molar-refractivity contribution in [3.63, 3.8) is 0 Å². The topological polar surface area (TPSA) is 53.1 Å². The fourth-order valence-corrected chi connectivity index (χ4v) is 5.16. The highest BCUT2D eigenvalue weighted by Crippen LogP contribution is 2.40. The first-order chi connectivity index (χ1) is 14.6. The lowest BCUT2D eigenvalue weighted by Gasteiger charge is -2.34. The van der Waals surface area contributed by atoms with Crippen LogP contribution >= 0.6 is 12.2 Å². The number of benzene rings is 1. The molecular weight excluding hydrogens is 390 g/mol. The molecule has 2 fully saturated rings. The van der Waals surface area contributed by atoms with Crippen molar-refractivity contribution in [2.24, 2.45) is 0 Å². The summed E-state index contributed by atoms with van der Waals surface area (Å²) in [4.78, 5) is 11.7. The zero-order valence-corrected chi connectivity index (χ0v) is 19.0. The number of anilines is 2. The Balaban J connectivity index is 1.42. The van der Waals surface area contributed by atoms with Gasteiger partial charge in [-0.05, 0) is 63.7 Å². The molecule has 0 bridgehead atoms. The van der Waals surface area contributed by atoms with E-state index in [-0.39, 0.29) is 5.41 Å². The van der Waals surface area contributed by atoms with E-state index in [0.29, 0.717) is 17.1 Å². The highest BCUT2D eigenvalue weighted by atomic mass is 32.1. The smallest absolute Gasteiger partial charge is 0.231 e. The first-order valence-electron chi connectivity index (χ1n) is 11.3. The third-order valence-electron chi connectivity index (χ3n) is 6.70. The van der Waals surface area contributed by atoms with Crippen LogP contribution in [0.15, 0.2) is 36.4 Å². The van der Waals surface area contributed by atoms with E-state index in [1.165, 1.54) is 50.5 Å². The van der Waals surface area contributed by atoms with E-state index in [2.05, 4.69) is 63.8 Å². The standard InChI is InChI=1S/C24H33N5S/c1-18-16-21(29-15-9-6-10-19(29)2)27-22(26-18)28-23(30)25-17-24(13-7-8-14-24)20-11-4-3-5-12-20/h3-5,11-12,16,19H,6-10,13-15,17H2,1-2H3,(H2,25,26,27,28,30)/t19-/m0/s1. The number of hydrogen-bond donors (Lipinski definition) is 2. The average Bonchev–Trinajstić information content (AvgIpc) is 3.23. The van der Waals surface area contributed by atoms with E-state index in [1.54, 1.807) is 0 Å². The van der Waals surface area contributed by atoms with Gasteiger partial charge in [0.15, 0.2) is 5.11 Å². The van der Waals surface area contributed by atoms with Crippen molar-refractivity contribution >= 4 is 29.1 Å². The number of aromatic nitrogens is 2. The molecule has 4 rings (SSSR count). The summed E-state index contributed by atoms with van der Waals surface area (Å²) in [5.41, 5.74) is 2.53. The molecular formula is C24H33N5S. The monoisotopic (exact) mass is 423 g/mol. The highest BCUT2D eigenvalue weighted by molar-refractivity contribution is 7.80. The molecule has 30 heavy (non-hydrogen) atoms. The summed E-state index contributed by atoms with van der Waals surface area (Å²) in [5, 5.41) is 7.31. The number of nitrogens with one attached hydrogen (secondary N) is 2. The summed E-state index contributed by atoms with van der Waals surface area (Å²) >= 11 is 5.62. The van der Waals surface area contributed by atoms with Crippen molar-refractivity contribution in [2.75, 3.05) is 23.3 Å². The van der Waals surface area contributed by atoms with Gasteiger partial charge < -0.3 is 15.5 Å². The molecule has 1 saturated carbocycles. The summed E-state index contributed by atoms with van der Waals surface area (Å²) in [5.74, 6) is 1.58.